The quantitative estimate of drug-likeness (QED) is 0.382. The molecule has 152 valence electrons. The second-order valence-corrected chi connectivity index (χ2v) is 9.25. The van der Waals surface area contributed by atoms with E-state index in [2.05, 4.69) is 27.4 Å². The molecule has 0 radical (unpaired) electrons. The first-order chi connectivity index (χ1) is 13.0. The summed E-state index contributed by atoms with van der Waals surface area (Å²) in [5.74, 6) is 0.868. The molecule has 1 atom stereocenters. The van der Waals surface area contributed by atoms with Gasteiger partial charge in [-0.3, -0.25) is 4.99 Å². The fraction of sp³-hybridized carbons (Fsp3) is 0.650. The molecule has 0 amide bonds. The molecule has 0 aliphatic carbocycles. The number of aliphatic imine (C=N–C) groups is 1. The number of sulfone groups is 1. The van der Waals surface area contributed by atoms with Gasteiger partial charge in [0.05, 0.1) is 10.6 Å². The average Bonchev–Trinajstić information content (AvgIpc) is 2.68. The molecular formula is C20H34N4O2S. The smallest absolute Gasteiger partial charge is 0.190 e. The molecule has 0 spiro atoms. The number of hydrogen-bond donors (Lipinski definition) is 2. The number of piperidine rings is 1. The van der Waals surface area contributed by atoms with E-state index >= 15 is 0 Å². The van der Waals surface area contributed by atoms with E-state index in [9.17, 15) is 8.42 Å². The Hall–Kier alpha value is -1.60. The molecule has 0 saturated carbocycles. The molecule has 1 fully saturated rings. The Bertz CT molecular complexity index is 676. The SMILES string of the molecule is CN=C(NCCCN1CCCCC1C)NCCCS(=O)(=O)c1ccccc1. The van der Waals surface area contributed by atoms with Crippen LogP contribution in [-0.2, 0) is 9.84 Å². The number of nitrogens with one attached hydrogen (secondary N) is 2. The molecule has 6 nitrogen and oxygen atoms in total. The topological polar surface area (TPSA) is 73.8 Å². The van der Waals surface area contributed by atoms with E-state index in [0.29, 0.717) is 23.9 Å². The van der Waals surface area contributed by atoms with Crippen molar-refractivity contribution in [2.75, 3.05) is 39.0 Å². The fourth-order valence-corrected chi connectivity index (χ4v) is 4.75. The largest absolute Gasteiger partial charge is 0.356 e. The highest BCUT2D eigenvalue weighted by atomic mass is 32.2. The summed E-state index contributed by atoms with van der Waals surface area (Å²) in [7, 11) is -1.47. The van der Waals surface area contributed by atoms with Crippen molar-refractivity contribution in [3.05, 3.63) is 30.3 Å². The lowest BCUT2D eigenvalue weighted by atomic mass is 10.0. The molecule has 27 heavy (non-hydrogen) atoms. The Morgan fingerprint density at radius 1 is 1.15 bits per heavy atom. The molecular weight excluding hydrogens is 360 g/mol. The predicted molar refractivity (Wildman–Crippen MR) is 112 cm³/mol. The Balaban J connectivity index is 1.61. The van der Waals surface area contributed by atoms with Gasteiger partial charge in [-0.25, -0.2) is 8.42 Å². The van der Waals surface area contributed by atoms with E-state index in [1.807, 2.05) is 6.07 Å². The van der Waals surface area contributed by atoms with Gasteiger partial charge < -0.3 is 15.5 Å². The van der Waals surface area contributed by atoms with Gasteiger partial charge >= 0.3 is 0 Å². The van der Waals surface area contributed by atoms with Crippen molar-refractivity contribution in [3.63, 3.8) is 0 Å². The summed E-state index contributed by atoms with van der Waals surface area (Å²) in [6.07, 6.45) is 5.60. The lowest BCUT2D eigenvalue weighted by Crippen LogP contribution is -2.41. The Labute approximate surface area is 164 Å². The molecule has 0 aromatic heterocycles. The average molecular weight is 395 g/mol. The van der Waals surface area contributed by atoms with Crippen molar-refractivity contribution in [3.8, 4) is 0 Å². The van der Waals surface area contributed by atoms with Crippen LogP contribution >= 0.6 is 0 Å². The summed E-state index contributed by atoms with van der Waals surface area (Å²) >= 11 is 0. The molecule has 1 aromatic carbocycles. The van der Waals surface area contributed by atoms with E-state index in [1.54, 1.807) is 31.3 Å². The van der Waals surface area contributed by atoms with Crippen molar-refractivity contribution in [2.45, 2.75) is 50.0 Å². The van der Waals surface area contributed by atoms with Crippen molar-refractivity contribution in [2.24, 2.45) is 4.99 Å². The first kappa shape index (κ1) is 21.7. The summed E-state index contributed by atoms with van der Waals surface area (Å²) in [4.78, 5) is 7.16. The van der Waals surface area contributed by atoms with E-state index in [1.165, 1.54) is 25.8 Å². The third kappa shape index (κ3) is 7.50. The lowest BCUT2D eigenvalue weighted by molar-refractivity contribution is 0.159. The third-order valence-corrected chi connectivity index (χ3v) is 6.88. The summed E-state index contributed by atoms with van der Waals surface area (Å²) in [5.41, 5.74) is 0. The van der Waals surface area contributed by atoms with Gasteiger partial charge in [0.2, 0.25) is 0 Å². The van der Waals surface area contributed by atoms with E-state index < -0.39 is 9.84 Å². The van der Waals surface area contributed by atoms with E-state index in [-0.39, 0.29) is 5.75 Å². The van der Waals surface area contributed by atoms with Crippen LogP contribution in [0.4, 0.5) is 0 Å². The van der Waals surface area contributed by atoms with Crippen LogP contribution in [0.2, 0.25) is 0 Å². The van der Waals surface area contributed by atoms with Gasteiger partial charge in [-0.15, -0.1) is 0 Å². The van der Waals surface area contributed by atoms with E-state index in [4.69, 9.17) is 0 Å². The molecule has 1 aliphatic heterocycles. The van der Waals surface area contributed by atoms with Crippen molar-refractivity contribution in [1.29, 1.82) is 0 Å². The predicted octanol–water partition coefficient (Wildman–Crippen LogP) is 2.28. The molecule has 2 N–H and O–H groups in total. The highest BCUT2D eigenvalue weighted by Gasteiger charge is 2.17. The number of benzene rings is 1. The highest BCUT2D eigenvalue weighted by Crippen LogP contribution is 2.16. The summed E-state index contributed by atoms with van der Waals surface area (Å²) in [6.45, 7) is 6.08. The maximum atomic E-state index is 12.3. The van der Waals surface area contributed by atoms with Crippen LogP contribution in [0.3, 0.4) is 0 Å². The maximum absolute atomic E-state index is 12.3. The summed E-state index contributed by atoms with van der Waals surface area (Å²) < 4.78 is 24.5. The molecule has 1 heterocycles. The van der Waals surface area contributed by atoms with Crippen LogP contribution < -0.4 is 10.6 Å². The first-order valence-corrected chi connectivity index (χ1v) is 11.6. The van der Waals surface area contributed by atoms with Gasteiger partial charge in [0.15, 0.2) is 15.8 Å². The monoisotopic (exact) mass is 394 g/mol. The van der Waals surface area contributed by atoms with Gasteiger partial charge in [0.1, 0.15) is 0 Å². The number of rotatable bonds is 9. The highest BCUT2D eigenvalue weighted by molar-refractivity contribution is 7.91. The minimum Gasteiger partial charge on any atom is -0.356 e. The van der Waals surface area contributed by atoms with Crippen LogP contribution in [0, 0.1) is 0 Å². The van der Waals surface area contributed by atoms with Crippen LogP contribution in [-0.4, -0.2) is 64.3 Å². The van der Waals surface area contributed by atoms with Crippen molar-refractivity contribution < 1.29 is 8.42 Å². The van der Waals surface area contributed by atoms with Gasteiger partial charge in [-0.2, -0.15) is 0 Å². The van der Waals surface area contributed by atoms with Crippen LogP contribution in [0.5, 0.6) is 0 Å². The molecule has 1 saturated heterocycles. The van der Waals surface area contributed by atoms with Crippen LogP contribution in [0.15, 0.2) is 40.2 Å². The molecule has 1 aliphatic rings. The van der Waals surface area contributed by atoms with Crippen LogP contribution in [0.25, 0.3) is 0 Å². The summed E-state index contributed by atoms with van der Waals surface area (Å²) in [6, 6.07) is 9.31. The lowest BCUT2D eigenvalue weighted by Gasteiger charge is -2.33. The van der Waals surface area contributed by atoms with E-state index in [0.717, 1.165) is 25.5 Å². The molecule has 1 aromatic rings. The molecule has 2 rings (SSSR count). The van der Waals surface area contributed by atoms with Gasteiger partial charge in [0.25, 0.3) is 0 Å². The fourth-order valence-electron chi connectivity index (χ4n) is 3.41. The molecule has 7 heteroatoms. The second-order valence-electron chi connectivity index (χ2n) is 7.15. The number of nitrogens with zero attached hydrogens (tertiary/aromatic N) is 2. The zero-order valence-electron chi connectivity index (χ0n) is 16.7. The van der Waals surface area contributed by atoms with Crippen LogP contribution in [0.1, 0.15) is 39.0 Å². The van der Waals surface area contributed by atoms with Crippen molar-refractivity contribution >= 4 is 15.8 Å². The number of guanidine groups is 1. The zero-order chi connectivity index (χ0) is 19.5. The third-order valence-electron chi connectivity index (χ3n) is 5.06. The Morgan fingerprint density at radius 3 is 2.52 bits per heavy atom. The van der Waals surface area contributed by atoms with Gasteiger partial charge in [0, 0.05) is 32.7 Å². The minimum absolute atomic E-state index is 0.133. The molecule has 0 bridgehead atoms. The number of likely N-dealkylation sites (tertiary alicyclic amines) is 1. The maximum Gasteiger partial charge on any atom is 0.190 e. The summed E-state index contributed by atoms with van der Waals surface area (Å²) in [5, 5.41) is 6.52. The normalized spacial score (nSPS) is 19.0. The Morgan fingerprint density at radius 2 is 1.85 bits per heavy atom. The zero-order valence-corrected chi connectivity index (χ0v) is 17.5. The van der Waals surface area contributed by atoms with Gasteiger partial charge in [-0.05, 0) is 51.3 Å². The molecule has 1 unspecified atom stereocenters. The second kappa shape index (κ2) is 11.3. The standard InChI is InChI=1S/C20H34N4O2S/c1-18-10-6-7-15-24(18)16-8-13-22-20(21-2)23-14-9-17-27(25,26)19-11-4-3-5-12-19/h3-5,11-12,18H,6-10,13-17H2,1-2H3,(H2,21,22,23). The number of hydrogen-bond acceptors (Lipinski definition) is 4. The Kier molecular flexibility index (Phi) is 9.07. The first-order valence-electron chi connectivity index (χ1n) is 9.99. The van der Waals surface area contributed by atoms with Crippen molar-refractivity contribution in [1.82, 2.24) is 15.5 Å². The van der Waals surface area contributed by atoms with Gasteiger partial charge in [-0.1, -0.05) is 24.6 Å². The minimum atomic E-state index is -3.21.